The van der Waals surface area contributed by atoms with Crippen LogP contribution in [0.3, 0.4) is 0 Å². The maximum absolute atomic E-state index is 12.2. The van der Waals surface area contributed by atoms with Gasteiger partial charge in [-0.3, -0.25) is 19.4 Å². The quantitative estimate of drug-likeness (QED) is 0.368. The zero-order valence-corrected chi connectivity index (χ0v) is 13.2. The zero-order chi connectivity index (χ0) is 16.3. The van der Waals surface area contributed by atoms with Crippen LogP contribution in [0.25, 0.3) is 6.08 Å². The lowest BCUT2D eigenvalue weighted by atomic mass is 10.1. The largest absolute Gasteiger partial charge is 0.490 e. The summed E-state index contributed by atoms with van der Waals surface area (Å²) in [7, 11) is 3.10. The van der Waals surface area contributed by atoms with Crippen LogP contribution in [0.4, 0.5) is 0 Å². The van der Waals surface area contributed by atoms with Gasteiger partial charge < -0.3 is 4.74 Å². The number of nitrogens with zero attached hydrogens (tertiary/aromatic N) is 2. The Balaban J connectivity index is 2.27. The molecule has 0 saturated carbocycles. The topological polar surface area (TPSA) is 49.9 Å². The van der Waals surface area contributed by atoms with E-state index >= 15 is 0 Å². The first-order valence-corrected chi connectivity index (χ1v) is 7.02. The van der Waals surface area contributed by atoms with Gasteiger partial charge in [-0.15, -0.1) is 0 Å². The molecule has 0 aliphatic carbocycles. The van der Waals surface area contributed by atoms with Gasteiger partial charge in [0.25, 0.3) is 11.8 Å². The molecule has 1 aromatic carbocycles. The Morgan fingerprint density at radius 2 is 1.68 bits per heavy atom. The molecule has 2 rings (SSSR count). The SMILES string of the molecule is C=CCOc1ccc(C=C2C(=O)N(C)C(=S)N(C)C2=O)cc1. The van der Waals surface area contributed by atoms with E-state index in [9.17, 15) is 9.59 Å². The maximum Gasteiger partial charge on any atom is 0.265 e. The molecule has 0 N–H and O–H groups in total. The predicted octanol–water partition coefficient (Wildman–Crippen LogP) is 1.85. The van der Waals surface area contributed by atoms with Crippen LogP contribution in [0.5, 0.6) is 5.75 Å². The maximum atomic E-state index is 12.2. The summed E-state index contributed by atoms with van der Waals surface area (Å²) in [5.74, 6) is -0.112. The Morgan fingerprint density at radius 1 is 1.14 bits per heavy atom. The van der Waals surface area contributed by atoms with Crippen LogP contribution in [0.2, 0.25) is 0 Å². The summed E-state index contributed by atoms with van der Waals surface area (Å²) in [6.45, 7) is 4.00. The Kier molecular flexibility index (Phi) is 4.72. The van der Waals surface area contributed by atoms with Crippen LogP contribution in [-0.4, -0.2) is 47.4 Å². The molecule has 0 atom stereocenters. The second-order valence-corrected chi connectivity index (χ2v) is 5.10. The van der Waals surface area contributed by atoms with Gasteiger partial charge in [0.05, 0.1) is 0 Å². The van der Waals surface area contributed by atoms with Crippen molar-refractivity contribution in [2.75, 3.05) is 20.7 Å². The number of hydrogen-bond acceptors (Lipinski definition) is 4. The number of thiocarbonyl (C=S) groups is 1. The van der Waals surface area contributed by atoms with E-state index < -0.39 is 11.8 Å². The third-order valence-corrected chi connectivity index (χ3v) is 3.75. The first-order chi connectivity index (χ1) is 10.5. The van der Waals surface area contributed by atoms with E-state index in [1.165, 1.54) is 9.80 Å². The smallest absolute Gasteiger partial charge is 0.265 e. The molecule has 5 nitrogen and oxygen atoms in total. The van der Waals surface area contributed by atoms with Gasteiger partial charge in [0.15, 0.2) is 5.11 Å². The van der Waals surface area contributed by atoms with Crippen LogP contribution >= 0.6 is 12.2 Å². The zero-order valence-electron chi connectivity index (χ0n) is 12.4. The monoisotopic (exact) mass is 316 g/mol. The normalized spacial score (nSPS) is 15.2. The summed E-state index contributed by atoms with van der Waals surface area (Å²) in [5, 5.41) is 0.195. The molecule has 1 aliphatic rings. The van der Waals surface area contributed by atoms with E-state index in [2.05, 4.69) is 6.58 Å². The third-order valence-electron chi connectivity index (χ3n) is 3.20. The van der Waals surface area contributed by atoms with Crippen molar-refractivity contribution in [3.8, 4) is 5.75 Å². The molecular weight excluding hydrogens is 300 g/mol. The Hall–Kier alpha value is -2.47. The average molecular weight is 316 g/mol. The highest BCUT2D eigenvalue weighted by Gasteiger charge is 2.35. The van der Waals surface area contributed by atoms with E-state index in [4.69, 9.17) is 17.0 Å². The molecule has 2 amide bonds. The molecule has 0 aromatic heterocycles. The second-order valence-electron chi connectivity index (χ2n) is 4.74. The number of rotatable bonds is 4. The number of likely N-dealkylation sites (N-methyl/N-ethyl adjacent to an activating group) is 2. The molecule has 0 unspecified atom stereocenters. The van der Waals surface area contributed by atoms with Crippen molar-refractivity contribution in [1.29, 1.82) is 0 Å². The van der Waals surface area contributed by atoms with Gasteiger partial charge in [0, 0.05) is 14.1 Å². The fourth-order valence-corrected chi connectivity index (χ4v) is 2.12. The van der Waals surface area contributed by atoms with Crippen LogP contribution in [0.15, 0.2) is 42.5 Å². The van der Waals surface area contributed by atoms with Crippen molar-refractivity contribution in [3.63, 3.8) is 0 Å². The van der Waals surface area contributed by atoms with E-state index in [1.54, 1.807) is 50.5 Å². The minimum absolute atomic E-state index is 0.0818. The molecule has 1 aromatic rings. The fraction of sp³-hybridized carbons (Fsp3) is 0.188. The Labute approximate surface area is 134 Å². The van der Waals surface area contributed by atoms with Gasteiger partial charge in [-0.2, -0.15) is 0 Å². The van der Waals surface area contributed by atoms with Crippen molar-refractivity contribution in [3.05, 3.63) is 48.1 Å². The van der Waals surface area contributed by atoms with Gasteiger partial charge in [0.2, 0.25) is 0 Å². The molecule has 0 radical (unpaired) electrons. The molecule has 6 heteroatoms. The molecule has 1 heterocycles. The van der Waals surface area contributed by atoms with Crippen LogP contribution in [-0.2, 0) is 9.59 Å². The number of carbonyl (C=O) groups is 2. The molecule has 1 aliphatic heterocycles. The molecule has 0 spiro atoms. The highest BCUT2D eigenvalue weighted by atomic mass is 32.1. The summed E-state index contributed by atoms with van der Waals surface area (Å²) in [5.41, 5.74) is 0.815. The first kappa shape index (κ1) is 15.9. The van der Waals surface area contributed by atoms with Gasteiger partial charge >= 0.3 is 0 Å². The lowest BCUT2D eigenvalue weighted by molar-refractivity contribution is -0.132. The lowest BCUT2D eigenvalue weighted by Gasteiger charge is -2.31. The van der Waals surface area contributed by atoms with E-state index in [-0.39, 0.29) is 10.7 Å². The Bertz CT molecular complexity index is 638. The average Bonchev–Trinajstić information content (AvgIpc) is 2.54. The van der Waals surface area contributed by atoms with Crippen molar-refractivity contribution < 1.29 is 14.3 Å². The van der Waals surface area contributed by atoms with Gasteiger partial charge in [-0.05, 0) is 36.0 Å². The predicted molar refractivity (Wildman–Crippen MR) is 88.2 cm³/mol. The summed E-state index contributed by atoms with van der Waals surface area (Å²) >= 11 is 5.04. The minimum atomic E-state index is -0.403. The third kappa shape index (κ3) is 3.07. The molecular formula is C16H16N2O3S. The van der Waals surface area contributed by atoms with E-state index in [0.717, 1.165) is 5.56 Å². The van der Waals surface area contributed by atoms with Gasteiger partial charge in [-0.25, -0.2) is 0 Å². The van der Waals surface area contributed by atoms with Crippen molar-refractivity contribution in [2.24, 2.45) is 0 Å². The number of amides is 2. The second kappa shape index (κ2) is 6.53. The number of hydrogen-bond donors (Lipinski definition) is 0. The van der Waals surface area contributed by atoms with Crippen LogP contribution in [0.1, 0.15) is 5.56 Å². The highest BCUT2D eigenvalue weighted by Crippen LogP contribution is 2.19. The summed E-state index contributed by atoms with van der Waals surface area (Å²) in [6, 6.07) is 7.09. The number of ether oxygens (including phenoxy) is 1. The van der Waals surface area contributed by atoms with Crippen LogP contribution in [0, 0.1) is 0 Å². The highest BCUT2D eigenvalue weighted by molar-refractivity contribution is 7.80. The van der Waals surface area contributed by atoms with Gasteiger partial charge in [0.1, 0.15) is 17.9 Å². The molecule has 1 fully saturated rings. The number of carbonyl (C=O) groups excluding carboxylic acids is 2. The number of benzene rings is 1. The first-order valence-electron chi connectivity index (χ1n) is 6.61. The minimum Gasteiger partial charge on any atom is -0.490 e. The fourth-order valence-electron chi connectivity index (χ4n) is 1.96. The summed E-state index contributed by atoms with van der Waals surface area (Å²) in [4.78, 5) is 26.9. The van der Waals surface area contributed by atoms with E-state index in [1.807, 2.05) is 0 Å². The molecule has 114 valence electrons. The molecule has 0 bridgehead atoms. The Morgan fingerprint density at radius 3 is 2.18 bits per heavy atom. The summed E-state index contributed by atoms with van der Waals surface area (Å²) in [6.07, 6.45) is 3.21. The van der Waals surface area contributed by atoms with Crippen molar-refractivity contribution in [1.82, 2.24) is 9.80 Å². The molecule has 22 heavy (non-hydrogen) atoms. The van der Waals surface area contributed by atoms with Crippen molar-refractivity contribution in [2.45, 2.75) is 0 Å². The standard InChI is InChI=1S/C16H16N2O3S/c1-4-9-21-12-7-5-11(6-8-12)10-13-14(19)17(2)16(22)18(3)15(13)20/h4-8,10H,1,9H2,2-3H3. The lowest BCUT2D eigenvalue weighted by Crippen LogP contribution is -2.52. The van der Waals surface area contributed by atoms with E-state index in [0.29, 0.717) is 12.4 Å². The van der Waals surface area contributed by atoms with Gasteiger partial charge in [-0.1, -0.05) is 24.8 Å². The van der Waals surface area contributed by atoms with Crippen molar-refractivity contribution >= 4 is 35.2 Å². The summed E-state index contributed by atoms with van der Waals surface area (Å²) < 4.78 is 5.38. The molecule has 1 saturated heterocycles. The van der Waals surface area contributed by atoms with Crippen LogP contribution < -0.4 is 4.74 Å².